The van der Waals surface area contributed by atoms with Crippen LogP contribution in [-0.2, 0) is 7.05 Å². The molecule has 9 nitrogen and oxygen atoms in total. The Morgan fingerprint density at radius 3 is 3.05 bits per heavy atom. The van der Waals surface area contributed by atoms with Crippen molar-refractivity contribution in [2.75, 3.05) is 0 Å². The van der Waals surface area contributed by atoms with Gasteiger partial charge in [0.25, 0.3) is 0 Å². The van der Waals surface area contributed by atoms with E-state index in [-0.39, 0.29) is 26.8 Å². The van der Waals surface area contributed by atoms with E-state index in [1.54, 1.807) is 11.6 Å². The number of aromatic nitrogens is 2. The molecule has 2 aliphatic rings. The number of amidine groups is 1. The molecule has 1 aromatic heterocycles. The van der Waals surface area contributed by atoms with E-state index in [1.165, 1.54) is 19.0 Å². The number of nitro groups is 1. The molecule has 1 unspecified atom stereocenters. The molecule has 19 heavy (non-hydrogen) atoms. The standard InChI is InChI=1S/C9H7N7O2Se/c1-15-4-14-7(16(17)18)9(15)19-8-5-6(11-2-10-5)12-3-13-8/h2-5H,1H3. The fraction of sp³-hybridized carbons (Fsp3) is 0.222. The molecule has 3 heterocycles. The van der Waals surface area contributed by atoms with E-state index < -0.39 is 4.92 Å². The molecule has 0 bridgehead atoms. The first kappa shape index (κ1) is 11.9. The van der Waals surface area contributed by atoms with Gasteiger partial charge in [-0.15, -0.1) is 0 Å². The Bertz CT molecular complexity index is 672. The molecule has 0 fully saturated rings. The number of rotatable bonds is 3. The molecule has 0 aromatic carbocycles. The Balaban J connectivity index is 1.94. The summed E-state index contributed by atoms with van der Waals surface area (Å²) < 4.78 is 2.93. The van der Waals surface area contributed by atoms with Crippen molar-refractivity contribution < 1.29 is 4.92 Å². The first-order valence-corrected chi connectivity index (χ1v) is 6.91. The molecule has 1 atom stereocenters. The summed E-state index contributed by atoms with van der Waals surface area (Å²) in [5, 5.41) is 10.9. The Hall–Kier alpha value is -2.19. The van der Waals surface area contributed by atoms with Crippen molar-refractivity contribution in [3.05, 3.63) is 16.4 Å². The molecule has 0 aliphatic carbocycles. The quantitative estimate of drug-likeness (QED) is 0.400. The number of fused-ring (bicyclic) bond motifs is 1. The van der Waals surface area contributed by atoms with Crippen molar-refractivity contribution in [3.8, 4) is 0 Å². The van der Waals surface area contributed by atoms with Crippen molar-refractivity contribution in [1.29, 1.82) is 0 Å². The van der Waals surface area contributed by atoms with Crippen LogP contribution in [0, 0.1) is 10.1 Å². The van der Waals surface area contributed by atoms with Crippen molar-refractivity contribution in [2.45, 2.75) is 6.04 Å². The van der Waals surface area contributed by atoms with Gasteiger partial charge >= 0.3 is 112 Å². The van der Waals surface area contributed by atoms with Gasteiger partial charge in [0, 0.05) is 0 Å². The number of hydrogen-bond donors (Lipinski definition) is 0. The van der Waals surface area contributed by atoms with Gasteiger partial charge in [0.1, 0.15) is 0 Å². The Labute approximate surface area is 113 Å². The third-order valence-corrected chi connectivity index (χ3v) is 5.02. The summed E-state index contributed by atoms with van der Waals surface area (Å²) in [7, 11) is 1.72. The average molecular weight is 324 g/mol. The maximum absolute atomic E-state index is 10.9. The van der Waals surface area contributed by atoms with E-state index in [1.807, 2.05) is 0 Å². The van der Waals surface area contributed by atoms with E-state index in [2.05, 4.69) is 25.0 Å². The Morgan fingerprint density at radius 2 is 2.26 bits per heavy atom. The van der Waals surface area contributed by atoms with Gasteiger partial charge in [-0.1, -0.05) is 0 Å². The molecule has 0 saturated heterocycles. The predicted octanol–water partition coefficient (Wildman–Crippen LogP) is -1.09. The van der Waals surface area contributed by atoms with Crippen LogP contribution in [0.2, 0.25) is 0 Å². The van der Waals surface area contributed by atoms with Crippen LogP contribution in [0.5, 0.6) is 0 Å². The van der Waals surface area contributed by atoms with Crippen molar-refractivity contribution >= 4 is 48.5 Å². The molecular formula is C9H7N7O2Se. The normalized spacial score (nSPS) is 20.2. The van der Waals surface area contributed by atoms with E-state index in [4.69, 9.17) is 0 Å². The number of aryl methyl sites for hydroxylation is 1. The Morgan fingerprint density at radius 1 is 1.42 bits per heavy atom. The van der Waals surface area contributed by atoms with Crippen molar-refractivity contribution in [1.82, 2.24) is 9.55 Å². The van der Waals surface area contributed by atoms with Crippen LogP contribution in [0.25, 0.3) is 0 Å². The second-order valence-corrected chi connectivity index (χ2v) is 5.83. The van der Waals surface area contributed by atoms with Gasteiger partial charge in [0.05, 0.1) is 0 Å². The van der Waals surface area contributed by atoms with Gasteiger partial charge in [0.15, 0.2) is 0 Å². The van der Waals surface area contributed by atoms with Crippen LogP contribution in [0.1, 0.15) is 0 Å². The monoisotopic (exact) mass is 325 g/mol. The molecule has 0 N–H and O–H groups in total. The molecule has 0 saturated carbocycles. The average Bonchev–Trinajstić information content (AvgIpc) is 2.97. The van der Waals surface area contributed by atoms with Gasteiger partial charge in [-0.3, -0.25) is 0 Å². The SMILES string of the molecule is Cn1cnc([N+](=O)[O-])c1[Se]C1=NC=NC2=NC=NC21. The number of hydrogen-bond acceptors (Lipinski definition) is 7. The minimum absolute atomic E-state index is 0.131. The molecule has 0 amide bonds. The molecule has 96 valence electrons. The van der Waals surface area contributed by atoms with Gasteiger partial charge in [-0.25, -0.2) is 0 Å². The number of nitrogens with zero attached hydrogens (tertiary/aromatic N) is 7. The van der Waals surface area contributed by atoms with Crippen LogP contribution >= 0.6 is 0 Å². The predicted molar refractivity (Wildman–Crippen MR) is 70.9 cm³/mol. The fourth-order valence-electron chi connectivity index (χ4n) is 1.62. The zero-order chi connectivity index (χ0) is 13.4. The third-order valence-electron chi connectivity index (χ3n) is 2.50. The summed E-state index contributed by atoms with van der Waals surface area (Å²) >= 11 is -0.354. The third kappa shape index (κ3) is 2.00. The summed E-state index contributed by atoms with van der Waals surface area (Å²) in [5.41, 5.74) is 0. The first-order chi connectivity index (χ1) is 9.16. The summed E-state index contributed by atoms with van der Waals surface area (Å²) in [6, 6.07) is -0.306. The van der Waals surface area contributed by atoms with Gasteiger partial charge in [0.2, 0.25) is 0 Å². The number of imidazole rings is 1. The Kier molecular flexibility index (Phi) is 2.80. The van der Waals surface area contributed by atoms with Gasteiger partial charge in [-0.2, -0.15) is 0 Å². The van der Waals surface area contributed by atoms with Crippen molar-refractivity contribution in [2.24, 2.45) is 27.0 Å². The fourth-order valence-corrected chi connectivity index (χ4v) is 3.69. The second-order valence-electron chi connectivity index (χ2n) is 3.71. The molecule has 0 radical (unpaired) electrons. The molecule has 10 heteroatoms. The first-order valence-electron chi connectivity index (χ1n) is 5.20. The van der Waals surface area contributed by atoms with Crippen LogP contribution in [0.15, 0.2) is 26.3 Å². The zero-order valence-corrected chi connectivity index (χ0v) is 11.4. The van der Waals surface area contributed by atoms with Gasteiger partial charge < -0.3 is 0 Å². The van der Waals surface area contributed by atoms with Gasteiger partial charge in [-0.05, 0) is 0 Å². The van der Waals surface area contributed by atoms with E-state index in [0.29, 0.717) is 10.4 Å². The summed E-state index contributed by atoms with van der Waals surface area (Å²) in [5.74, 6) is 0.449. The van der Waals surface area contributed by atoms with Crippen LogP contribution in [0.3, 0.4) is 0 Å². The summed E-state index contributed by atoms with van der Waals surface area (Å²) in [4.78, 5) is 30.6. The summed E-state index contributed by atoms with van der Waals surface area (Å²) in [6.07, 6.45) is 4.27. The van der Waals surface area contributed by atoms with E-state index in [0.717, 1.165) is 4.61 Å². The molecule has 1 aromatic rings. The minimum atomic E-state index is -0.485. The number of aliphatic imine (C=N–C) groups is 4. The zero-order valence-electron chi connectivity index (χ0n) is 9.66. The van der Waals surface area contributed by atoms with E-state index >= 15 is 0 Å². The van der Waals surface area contributed by atoms with Crippen LogP contribution in [0.4, 0.5) is 5.82 Å². The topological polar surface area (TPSA) is 110 Å². The van der Waals surface area contributed by atoms with Crippen molar-refractivity contribution in [3.63, 3.8) is 0 Å². The van der Waals surface area contributed by atoms with E-state index in [9.17, 15) is 10.1 Å². The molecule has 2 aliphatic heterocycles. The molecule has 3 rings (SSSR count). The molecular weight excluding hydrogens is 317 g/mol. The molecule has 0 spiro atoms. The summed E-state index contributed by atoms with van der Waals surface area (Å²) in [6.45, 7) is 0. The van der Waals surface area contributed by atoms with Crippen LogP contribution < -0.4 is 4.59 Å². The second kappa shape index (κ2) is 4.48. The maximum atomic E-state index is 10.9. The van der Waals surface area contributed by atoms with Crippen LogP contribution in [-0.4, -0.2) is 58.6 Å².